The molecule has 0 fully saturated rings. The van der Waals surface area contributed by atoms with Crippen LogP contribution >= 0.6 is 0 Å². The van der Waals surface area contributed by atoms with E-state index in [4.69, 9.17) is 18.9 Å². The summed E-state index contributed by atoms with van der Waals surface area (Å²) in [7, 11) is 0.312. The highest BCUT2D eigenvalue weighted by Gasteiger charge is 2.29. The molecule has 1 atom stereocenters. The lowest BCUT2D eigenvalue weighted by Gasteiger charge is -2.26. The quantitative estimate of drug-likeness (QED) is 0.337. The molecule has 204 valence electrons. The van der Waals surface area contributed by atoms with E-state index in [0.717, 1.165) is 9.87 Å². The molecule has 10 heteroatoms. The Bertz CT molecular complexity index is 1310. The van der Waals surface area contributed by atoms with E-state index in [1.807, 2.05) is 38.1 Å². The van der Waals surface area contributed by atoms with Crippen molar-refractivity contribution in [2.45, 2.75) is 31.2 Å². The third-order valence-electron chi connectivity index (χ3n) is 5.93. The number of methoxy groups -OCH3 is 3. The number of hydrogen-bond acceptors (Lipinski definition) is 7. The Labute approximate surface area is 224 Å². The number of nitrogens with one attached hydrogen (secondary N) is 1. The first-order chi connectivity index (χ1) is 18.3. The maximum atomic E-state index is 13.8. The molecule has 0 saturated carbocycles. The van der Waals surface area contributed by atoms with Gasteiger partial charge in [0.05, 0.1) is 44.6 Å². The molecule has 3 aromatic rings. The second kappa shape index (κ2) is 13.0. The van der Waals surface area contributed by atoms with E-state index in [1.54, 1.807) is 31.4 Å². The van der Waals surface area contributed by atoms with Crippen LogP contribution in [0.5, 0.6) is 23.0 Å². The van der Waals surface area contributed by atoms with Gasteiger partial charge in [-0.05, 0) is 67.4 Å². The summed E-state index contributed by atoms with van der Waals surface area (Å²) in [6, 6.07) is 17.9. The van der Waals surface area contributed by atoms with Crippen LogP contribution < -0.4 is 28.6 Å². The van der Waals surface area contributed by atoms with Crippen LogP contribution in [0.2, 0.25) is 0 Å². The van der Waals surface area contributed by atoms with Gasteiger partial charge >= 0.3 is 0 Å². The summed E-state index contributed by atoms with van der Waals surface area (Å²) in [6.45, 7) is 3.84. The minimum Gasteiger partial charge on any atom is -0.497 e. The molecule has 3 rings (SSSR count). The summed E-state index contributed by atoms with van der Waals surface area (Å²) in [4.78, 5) is 13.2. The van der Waals surface area contributed by atoms with Crippen molar-refractivity contribution < 1.29 is 32.2 Å². The van der Waals surface area contributed by atoms with Crippen molar-refractivity contribution in [2.24, 2.45) is 0 Å². The van der Waals surface area contributed by atoms with Crippen LogP contribution in [0.3, 0.4) is 0 Å². The number of hydrogen-bond donors (Lipinski definition) is 1. The molecule has 3 aromatic carbocycles. The summed E-state index contributed by atoms with van der Waals surface area (Å²) < 4.78 is 50.0. The molecule has 0 spiro atoms. The number of amides is 1. The molecule has 38 heavy (non-hydrogen) atoms. The first-order valence-corrected chi connectivity index (χ1v) is 13.6. The number of carbonyl (C=O) groups excluding carboxylic acids is 1. The fraction of sp³-hybridized carbons (Fsp3) is 0.321. The molecule has 0 radical (unpaired) electrons. The first kappa shape index (κ1) is 28.6. The Morgan fingerprint density at radius 1 is 0.842 bits per heavy atom. The highest BCUT2D eigenvalue weighted by atomic mass is 32.2. The largest absolute Gasteiger partial charge is 0.497 e. The zero-order valence-corrected chi connectivity index (χ0v) is 23.1. The summed E-state index contributed by atoms with van der Waals surface area (Å²) in [5.74, 6) is 1.50. The van der Waals surface area contributed by atoms with Crippen molar-refractivity contribution in [3.05, 3.63) is 72.3 Å². The smallest absolute Gasteiger partial charge is 0.264 e. The van der Waals surface area contributed by atoms with Crippen LogP contribution in [-0.2, 0) is 14.8 Å². The molecule has 1 amide bonds. The van der Waals surface area contributed by atoms with Gasteiger partial charge in [-0.2, -0.15) is 0 Å². The molecule has 1 N–H and O–H groups in total. The molecule has 0 saturated heterocycles. The molecule has 9 nitrogen and oxygen atoms in total. The predicted molar refractivity (Wildman–Crippen MR) is 146 cm³/mol. The van der Waals surface area contributed by atoms with Crippen molar-refractivity contribution in [3.63, 3.8) is 0 Å². The second-order valence-electron chi connectivity index (χ2n) is 8.26. The van der Waals surface area contributed by atoms with Gasteiger partial charge in [0.1, 0.15) is 18.0 Å². The van der Waals surface area contributed by atoms with E-state index in [0.29, 0.717) is 36.0 Å². The fourth-order valence-electron chi connectivity index (χ4n) is 3.92. The number of sulfonamides is 1. The Morgan fingerprint density at radius 2 is 1.47 bits per heavy atom. The lowest BCUT2D eigenvalue weighted by Crippen LogP contribution is -2.42. The average Bonchev–Trinajstić information content (AvgIpc) is 2.94. The molecular formula is C28H34N2O7S. The number of ether oxygens (including phenoxy) is 4. The van der Waals surface area contributed by atoms with Crippen molar-refractivity contribution in [1.29, 1.82) is 0 Å². The monoisotopic (exact) mass is 542 g/mol. The molecular weight excluding hydrogens is 508 g/mol. The Balaban J connectivity index is 1.95. The standard InChI is InChI=1S/C28H34N2O7S/c1-6-25(20-8-12-22(34-3)13-9-20)29-28(31)19-30(21-10-14-23(15-11-21)37-7-2)38(32,33)24-16-17-26(35-4)27(18-24)36-5/h8-18,25H,6-7,19H2,1-5H3,(H,29,31)/t25-/m1/s1. The van der Waals surface area contributed by atoms with E-state index >= 15 is 0 Å². The van der Waals surface area contributed by atoms with Crippen LogP contribution in [0.4, 0.5) is 5.69 Å². The number of rotatable bonds is 13. The number of nitrogens with zero attached hydrogens (tertiary/aromatic N) is 1. The van der Waals surface area contributed by atoms with Crippen molar-refractivity contribution >= 4 is 21.6 Å². The van der Waals surface area contributed by atoms with Crippen molar-refractivity contribution in [1.82, 2.24) is 5.32 Å². The topological polar surface area (TPSA) is 103 Å². The second-order valence-corrected chi connectivity index (χ2v) is 10.1. The van der Waals surface area contributed by atoms with Gasteiger partial charge in [0.15, 0.2) is 11.5 Å². The summed E-state index contributed by atoms with van der Waals surface area (Å²) in [5.41, 5.74) is 1.20. The normalized spacial score (nSPS) is 11.8. The molecule has 0 bridgehead atoms. The molecule has 0 aliphatic rings. The van der Waals surface area contributed by atoms with Crippen LogP contribution in [0, 0.1) is 0 Å². The molecule has 0 unspecified atom stereocenters. The summed E-state index contributed by atoms with van der Waals surface area (Å²) in [5, 5.41) is 2.96. The molecule has 0 aliphatic heterocycles. The Morgan fingerprint density at radius 3 is 2.03 bits per heavy atom. The van der Waals surface area contributed by atoms with Gasteiger partial charge in [-0.15, -0.1) is 0 Å². The van der Waals surface area contributed by atoms with Gasteiger partial charge in [-0.3, -0.25) is 9.10 Å². The zero-order valence-electron chi connectivity index (χ0n) is 22.3. The van der Waals surface area contributed by atoms with Crippen molar-refractivity contribution in [3.8, 4) is 23.0 Å². The van der Waals surface area contributed by atoms with Crippen LogP contribution in [0.25, 0.3) is 0 Å². The van der Waals surface area contributed by atoms with Gasteiger partial charge in [0.2, 0.25) is 5.91 Å². The minimum atomic E-state index is -4.17. The fourth-order valence-corrected chi connectivity index (χ4v) is 5.36. The van der Waals surface area contributed by atoms with E-state index in [1.165, 1.54) is 32.4 Å². The van der Waals surface area contributed by atoms with E-state index in [2.05, 4.69) is 5.32 Å². The summed E-state index contributed by atoms with van der Waals surface area (Å²) >= 11 is 0. The minimum absolute atomic E-state index is 0.0426. The zero-order chi connectivity index (χ0) is 27.7. The lowest BCUT2D eigenvalue weighted by atomic mass is 10.0. The van der Waals surface area contributed by atoms with Gasteiger partial charge in [-0.1, -0.05) is 19.1 Å². The number of anilines is 1. The predicted octanol–water partition coefficient (Wildman–Crippen LogP) is 4.57. The number of carbonyl (C=O) groups is 1. The van der Waals surface area contributed by atoms with E-state index in [9.17, 15) is 13.2 Å². The Hall–Kier alpha value is -3.92. The SMILES string of the molecule is CCOc1ccc(N(CC(=O)N[C@H](CC)c2ccc(OC)cc2)S(=O)(=O)c2ccc(OC)c(OC)c2)cc1. The Kier molecular flexibility index (Phi) is 9.84. The van der Waals surface area contributed by atoms with Gasteiger partial charge < -0.3 is 24.3 Å². The van der Waals surface area contributed by atoms with E-state index in [-0.39, 0.29) is 16.7 Å². The van der Waals surface area contributed by atoms with Crippen LogP contribution in [-0.4, -0.2) is 48.8 Å². The van der Waals surface area contributed by atoms with Crippen molar-refractivity contribution in [2.75, 3.05) is 38.8 Å². The molecule has 0 heterocycles. The van der Waals surface area contributed by atoms with Gasteiger partial charge in [-0.25, -0.2) is 8.42 Å². The average molecular weight is 543 g/mol. The van der Waals surface area contributed by atoms with Gasteiger partial charge in [0, 0.05) is 6.07 Å². The molecule has 0 aromatic heterocycles. The summed E-state index contributed by atoms with van der Waals surface area (Å²) in [6.07, 6.45) is 0.615. The van der Waals surface area contributed by atoms with Crippen LogP contribution in [0.1, 0.15) is 31.9 Å². The third-order valence-corrected chi connectivity index (χ3v) is 7.70. The molecule has 0 aliphatic carbocycles. The maximum Gasteiger partial charge on any atom is 0.264 e. The third kappa shape index (κ3) is 6.69. The highest BCUT2D eigenvalue weighted by Crippen LogP contribution is 2.33. The lowest BCUT2D eigenvalue weighted by molar-refractivity contribution is -0.120. The highest BCUT2D eigenvalue weighted by molar-refractivity contribution is 7.92. The maximum absolute atomic E-state index is 13.8. The van der Waals surface area contributed by atoms with E-state index < -0.39 is 22.5 Å². The van der Waals surface area contributed by atoms with Crippen LogP contribution in [0.15, 0.2) is 71.6 Å². The first-order valence-electron chi connectivity index (χ1n) is 12.2. The number of benzene rings is 3. The van der Waals surface area contributed by atoms with Gasteiger partial charge in [0.25, 0.3) is 10.0 Å².